The molecule has 5 heteroatoms. The first-order valence-electron chi connectivity index (χ1n) is 5.81. The van der Waals surface area contributed by atoms with Crippen LogP contribution in [0.25, 0.3) is 0 Å². The Kier molecular flexibility index (Phi) is 3.27. The van der Waals surface area contributed by atoms with Crippen LogP contribution in [0.3, 0.4) is 0 Å². The summed E-state index contributed by atoms with van der Waals surface area (Å²) in [6.45, 7) is 2.01. The van der Waals surface area contributed by atoms with Gasteiger partial charge in [0.15, 0.2) is 0 Å². The Balaban J connectivity index is 1.95. The van der Waals surface area contributed by atoms with Gasteiger partial charge < -0.3 is 9.84 Å². The van der Waals surface area contributed by atoms with E-state index >= 15 is 0 Å². The molecule has 1 aliphatic rings. The summed E-state index contributed by atoms with van der Waals surface area (Å²) in [5, 5.41) is 9.95. The Morgan fingerprint density at radius 2 is 1.83 bits per heavy atom. The van der Waals surface area contributed by atoms with Crippen LogP contribution in [0.5, 0.6) is 5.75 Å². The zero-order valence-electron chi connectivity index (χ0n) is 10.00. The minimum absolute atomic E-state index is 0.0128. The lowest BCUT2D eigenvalue weighted by Gasteiger charge is -2.17. The van der Waals surface area contributed by atoms with Crippen molar-refractivity contribution in [2.45, 2.75) is 38.7 Å². The van der Waals surface area contributed by atoms with Gasteiger partial charge in [-0.25, -0.2) is 0 Å². The van der Waals surface area contributed by atoms with Crippen molar-refractivity contribution in [2.75, 3.05) is 0 Å². The molecule has 1 aromatic carbocycles. The first kappa shape index (κ1) is 13.2. The predicted molar refractivity (Wildman–Crippen MR) is 60.2 cm³/mol. The van der Waals surface area contributed by atoms with Crippen molar-refractivity contribution in [1.29, 1.82) is 0 Å². The van der Waals surface area contributed by atoms with E-state index in [1.54, 1.807) is 12.1 Å². The van der Waals surface area contributed by atoms with Crippen LogP contribution < -0.4 is 4.74 Å². The zero-order valence-corrected chi connectivity index (χ0v) is 10.00. The molecular formula is C13H15F3O2. The fourth-order valence-electron chi connectivity index (χ4n) is 1.83. The lowest BCUT2D eigenvalue weighted by atomic mass is 9.95. The number of rotatable bonds is 4. The quantitative estimate of drug-likeness (QED) is 0.900. The summed E-state index contributed by atoms with van der Waals surface area (Å²) in [5.74, 6) is -0.238. The summed E-state index contributed by atoms with van der Waals surface area (Å²) >= 11 is 0. The molecule has 2 nitrogen and oxygen atoms in total. The first-order valence-corrected chi connectivity index (χ1v) is 5.81. The largest absolute Gasteiger partial charge is 0.573 e. The summed E-state index contributed by atoms with van der Waals surface area (Å²) in [6, 6.07) is 5.64. The van der Waals surface area contributed by atoms with E-state index in [0.717, 1.165) is 18.4 Å². The topological polar surface area (TPSA) is 29.5 Å². The average Bonchev–Trinajstić information content (AvgIpc) is 2.99. The van der Waals surface area contributed by atoms with Crippen molar-refractivity contribution in [1.82, 2.24) is 0 Å². The van der Waals surface area contributed by atoms with E-state index in [0.29, 0.717) is 6.42 Å². The van der Waals surface area contributed by atoms with Gasteiger partial charge in [-0.3, -0.25) is 0 Å². The van der Waals surface area contributed by atoms with Crippen LogP contribution in [0, 0.1) is 5.41 Å². The van der Waals surface area contributed by atoms with Gasteiger partial charge in [0, 0.05) is 0 Å². The molecule has 1 N–H and O–H groups in total. The van der Waals surface area contributed by atoms with E-state index in [1.807, 2.05) is 6.92 Å². The maximum Gasteiger partial charge on any atom is 0.573 e. The molecule has 0 saturated heterocycles. The number of hydrogen-bond acceptors (Lipinski definition) is 2. The second kappa shape index (κ2) is 4.46. The average molecular weight is 260 g/mol. The SMILES string of the molecule is CC1(C(O)Cc2ccc(OC(F)(F)F)cc2)CC1. The van der Waals surface area contributed by atoms with E-state index in [9.17, 15) is 18.3 Å². The van der Waals surface area contributed by atoms with Gasteiger partial charge in [-0.05, 0) is 42.4 Å². The number of aliphatic hydroxyl groups excluding tert-OH is 1. The van der Waals surface area contributed by atoms with Crippen molar-refractivity contribution in [3.05, 3.63) is 29.8 Å². The van der Waals surface area contributed by atoms with Gasteiger partial charge in [0.2, 0.25) is 0 Å². The van der Waals surface area contributed by atoms with Gasteiger partial charge in [0.1, 0.15) is 5.75 Å². The summed E-state index contributed by atoms with van der Waals surface area (Å²) in [7, 11) is 0. The molecule has 0 amide bonds. The fourth-order valence-corrected chi connectivity index (χ4v) is 1.83. The molecule has 1 fully saturated rings. The Morgan fingerprint density at radius 3 is 2.28 bits per heavy atom. The van der Waals surface area contributed by atoms with Crippen molar-refractivity contribution in [3.8, 4) is 5.75 Å². The van der Waals surface area contributed by atoms with Crippen LogP contribution in [0.4, 0.5) is 13.2 Å². The van der Waals surface area contributed by atoms with Crippen LogP contribution in [0.15, 0.2) is 24.3 Å². The van der Waals surface area contributed by atoms with Crippen LogP contribution in [-0.4, -0.2) is 17.6 Å². The molecule has 1 aliphatic carbocycles. The molecule has 0 aromatic heterocycles. The van der Waals surface area contributed by atoms with E-state index in [4.69, 9.17) is 0 Å². The predicted octanol–water partition coefficient (Wildman–Crippen LogP) is 3.29. The molecule has 100 valence electrons. The number of halogens is 3. The molecule has 0 spiro atoms. The molecule has 1 atom stereocenters. The maximum absolute atomic E-state index is 12.0. The highest BCUT2D eigenvalue weighted by atomic mass is 19.4. The molecule has 18 heavy (non-hydrogen) atoms. The summed E-state index contributed by atoms with van der Waals surface area (Å²) < 4.78 is 39.6. The van der Waals surface area contributed by atoms with Gasteiger partial charge in [-0.15, -0.1) is 13.2 Å². The zero-order chi connectivity index (χ0) is 13.4. The van der Waals surface area contributed by atoms with Crippen molar-refractivity contribution in [3.63, 3.8) is 0 Å². The van der Waals surface area contributed by atoms with E-state index < -0.39 is 12.5 Å². The molecule has 1 aromatic rings. The third-order valence-corrected chi connectivity index (χ3v) is 3.43. The number of benzene rings is 1. The van der Waals surface area contributed by atoms with Crippen molar-refractivity contribution >= 4 is 0 Å². The van der Waals surface area contributed by atoms with E-state index in [1.165, 1.54) is 12.1 Å². The molecule has 0 radical (unpaired) electrons. The first-order chi connectivity index (χ1) is 8.28. The summed E-state index contributed by atoms with van der Waals surface area (Å²) in [4.78, 5) is 0. The Labute approximate surface area is 103 Å². The van der Waals surface area contributed by atoms with Crippen LogP contribution in [0.1, 0.15) is 25.3 Å². The minimum Gasteiger partial charge on any atom is -0.406 e. The van der Waals surface area contributed by atoms with Crippen LogP contribution in [0.2, 0.25) is 0 Å². The highest BCUT2D eigenvalue weighted by molar-refractivity contribution is 5.28. The van der Waals surface area contributed by atoms with Gasteiger partial charge >= 0.3 is 6.36 Å². The van der Waals surface area contributed by atoms with Crippen molar-refractivity contribution in [2.24, 2.45) is 5.41 Å². The Bertz CT molecular complexity index is 407. The van der Waals surface area contributed by atoms with Gasteiger partial charge in [-0.2, -0.15) is 0 Å². The van der Waals surface area contributed by atoms with Crippen LogP contribution >= 0.6 is 0 Å². The third-order valence-electron chi connectivity index (χ3n) is 3.43. The van der Waals surface area contributed by atoms with E-state index in [2.05, 4.69) is 4.74 Å². The van der Waals surface area contributed by atoms with Crippen molar-refractivity contribution < 1.29 is 23.0 Å². The number of alkyl halides is 3. The molecule has 1 saturated carbocycles. The minimum atomic E-state index is -4.66. The maximum atomic E-state index is 12.0. The van der Waals surface area contributed by atoms with Gasteiger partial charge in [0.25, 0.3) is 0 Å². The Hall–Kier alpha value is -1.23. The highest BCUT2D eigenvalue weighted by Gasteiger charge is 2.43. The third kappa shape index (κ3) is 3.38. The Morgan fingerprint density at radius 1 is 1.28 bits per heavy atom. The van der Waals surface area contributed by atoms with E-state index in [-0.39, 0.29) is 11.2 Å². The number of hydrogen-bond donors (Lipinski definition) is 1. The second-order valence-corrected chi connectivity index (χ2v) is 5.07. The molecule has 0 heterocycles. The number of aliphatic hydroxyl groups is 1. The van der Waals surface area contributed by atoms with Crippen LogP contribution in [-0.2, 0) is 6.42 Å². The lowest BCUT2D eigenvalue weighted by Crippen LogP contribution is -2.21. The summed E-state index contributed by atoms with van der Waals surface area (Å²) in [6.07, 6.45) is -2.63. The molecule has 0 bridgehead atoms. The molecule has 1 unspecified atom stereocenters. The summed E-state index contributed by atoms with van der Waals surface area (Å²) in [5.41, 5.74) is 0.798. The molecule has 0 aliphatic heterocycles. The smallest absolute Gasteiger partial charge is 0.406 e. The second-order valence-electron chi connectivity index (χ2n) is 5.07. The van der Waals surface area contributed by atoms with Gasteiger partial charge in [-0.1, -0.05) is 19.1 Å². The normalized spacial score (nSPS) is 19.4. The lowest BCUT2D eigenvalue weighted by molar-refractivity contribution is -0.274. The fraction of sp³-hybridized carbons (Fsp3) is 0.538. The molecular weight excluding hydrogens is 245 g/mol. The highest BCUT2D eigenvalue weighted by Crippen LogP contribution is 2.48. The standard InChI is InChI=1S/C13H15F3O2/c1-12(6-7-12)11(17)8-9-2-4-10(5-3-9)18-13(14,15)16/h2-5,11,17H,6-8H2,1H3. The number of ether oxygens (including phenoxy) is 1. The van der Waals surface area contributed by atoms with Gasteiger partial charge in [0.05, 0.1) is 6.10 Å². The monoisotopic (exact) mass is 260 g/mol. The molecule has 2 rings (SSSR count).